The van der Waals surface area contributed by atoms with Crippen LogP contribution in [0.2, 0.25) is 0 Å². The quantitative estimate of drug-likeness (QED) is 0.663. The average Bonchev–Trinajstić information content (AvgIpc) is 2.79. The summed E-state index contributed by atoms with van der Waals surface area (Å²) in [7, 11) is -3.69. The minimum absolute atomic E-state index is 0.0388. The average molecular weight is 458 g/mol. The molecule has 2 aromatic rings. The Balaban J connectivity index is 1.30. The van der Waals surface area contributed by atoms with Gasteiger partial charge in [0.25, 0.3) is 5.91 Å². The summed E-state index contributed by atoms with van der Waals surface area (Å²) < 4.78 is 30.5. The third-order valence-electron chi connectivity index (χ3n) is 5.63. The van der Waals surface area contributed by atoms with E-state index in [1.54, 1.807) is 0 Å². The number of piperidine rings is 1. The Labute approximate surface area is 187 Å². The first-order chi connectivity index (χ1) is 15.4. The van der Waals surface area contributed by atoms with Crippen LogP contribution in [0.3, 0.4) is 0 Å². The molecule has 0 spiro atoms. The van der Waals surface area contributed by atoms with Gasteiger partial charge in [0.1, 0.15) is 5.75 Å². The van der Waals surface area contributed by atoms with Gasteiger partial charge in [-0.05, 0) is 61.8 Å². The van der Waals surface area contributed by atoms with Crippen molar-refractivity contribution in [2.75, 3.05) is 36.1 Å². The first-order valence-corrected chi connectivity index (χ1v) is 12.4. The lowest BCUT2D eigenvalue weighted by Crippen LogP contribution is -2.29. The molecule has 2 heterocycles. The molecule has 0 bridgehead atoms. The molecule has 0 saturated carbocycles. The number of hydrogen-bond donors (Lipinski definition) is 2. The molecule has 0 unspecified atom stereocenters. The van der Waals surface area contributed by atoms with Crippen molar-refractivity contribution in [2.45, 2.75) is 37.1 Å². The van der Waals surface area contributed by atoms with Crippen molar-refractivity contribution in [3.63, 3.8) is 0 Å². The van der Waals surface area contributed by atoms with Crippen molar-refractivity contribution in [2.24, 2.45) is 0 Å². The monoisotopic (exact) mass is 457 g/mol. The molecule has 1 fully saturated rings. The van der Waals surface area contributed by atoms with Gasteiger partial charge < -0.3 is 15.4 Å². The first kappa shape index (κ1) is 22.3. The van der Waals surface area contributed by atoms with Crippen molar-refractivity contribution in [3.05, 3.63) is 48.0 Å². The minimum Gasteiger partial charge on any atom is -0.482 e. The van der Waals surface area contributed by atoms with Crippen LogP contribution in [0.4, 0.5) is 11.4 Å². The van der Waals surface area contributed by atoms with Crippen molar-refractivity contribution in [1.29, 1.82) is 0 Å². The zero-order valence-electron chi connectivity index (χ0n) is 17.8. The van der Waals surface area contributed by atoms with Gasteiger partial charge in [0, 0.05) is 18.7 Å². The van der Waals surface area contributed by atoms with Gasteiger partial charge in [0.15, 0.2) is 16.4 Å². The second-order valence-electron chi connectivity index (χ2n) is 8.15. The van der Waals surface area contributed by atoms with Crippen LogP contribution < -0.4 is 15.4 Å². The Morgan fingerprint density at radius 3 is 2.56 bits per heavy atom. The summed E-state index contributed by atoms with van der Waals surface area (Å²) >= 11 is 0. The summed E-state index contributed by atoms with van der Waals surface area (Å²) in [5.74, 6) is -0.621. The molecule has 2 aliphatic heterocycles. The molecular formula is C23H27N3O5S. The Hall–Kier alpha value is -2.91. The van der Waals surface area contributed by atoms with Gasteiger partial charge in [0.05, 0.1) is 16.3 Å². The van der Waals surface area contributed by atoms with Gasteiger partial charge in [-0.1, -0.05) is 18.6 Å². The fourth-order valence-electron chi connectivity index (χ4n) is 3.89. The van der Waals surface area contributed by atoms with Crippen LogP contribution in [0.1, 0.15) is 31.2 Å². The van der Waals surface area contributed by atoms with Gasteiger partial charge in [-0.15, -0.1) is 0 Å². The molecule has 0 aromatic heterocycles. The predicted octanol–water partition coefficient (Wildman–Crippen LogP) is 2.81. The highest BCUT2D eigenvalue weighted by Crippen LogP contribution is 2.30. The number of carbonyl (C=O) groups is 2. The summed E-state index contributed by atoms with van der Waals surface area (Å²) in [6.07, 6.45) is 3.61. The fourth-order valence-corrected chi connectivity index (χ4v) is 5.16. The number of sulfone groups is 1. The minimum atomic E-state index is -3.69. The lowest BCUT2D eigenvalue weighted by Gasteiger charge is -2.26. The van der Waals surface area contributed by atoms with Gasteiger partial charge in [-0.2, -0.15) is 0 Å². The van der Waals surface area contributed by atoms with Crippen LogP contribution in [0.25, 0.3) is 0 Å². The predicted molar refractivity (Wildman–Crippen MR) is 121 cm³/mol. The molecule has 2 amide bonds. The molecule has 0 radical (unpaired) electrons. The third-order valence-corrected chi connectivity index (χ3v) is 7.35. The molecule has 32 heavy (non-hydrogen) atoms. The maximum atomic E-state index is 12.7. The summed E-state index contributed by atoms with van der Waals surface area (Å²) in [5, 5.41) is 5.35. The number of rotatable bonds is 7. The normalized spacial score (nSPS) is 16.6. The van der Waals surface area contributed by atoms with Crippen LogP contribution in [0.5, 0.6) is 5.75 Å². The lowest BCUT2D eigenvalue weighted by atomic mass is 10.1. The highest BCUT2D eigenvalue weighted by molar-refractivity contribution is 7.91. The van der Waals surface area contributed by atoms with E-state index < -0.39 is 9.84 Å². The van der Waals surface area contributed by atoms with Crippen LogP contribution in [0, 0.1) is 0 Å². The van der Waals surface area contributed by atoms with Crippen LogP contribution in [-0.2, 0) is 26.0 Å². The molecular weight excluding hydrogens is 430 g/mol. The van der Waals surface area contributed by atoms with Crippen molar-refractivity contribution in [1.82, 2.24) is 4.90 Å². The largest absolute Gasteiger partial charge is 0.482 e. The van der Waals surface area contributed by atoms with Gasteiger partial charge in [-0.25, -0.2) is 8.42 Å². The number of amides is 2. The van der Waals surface area contributed by atoms with Gasteiger partial charge >= 0.3 is 0 Å². The number of fused-ring (bicyclic) bond motifs is 1. The maximum Gasteiger partial charge on any atom is 0.262 e. The Morgan fingerprint density at radius 2 is 1.81 bits per heavy atom. The lowest BCUT2D eigenvalue weighted by molar-refractivity contribution is -0.118. The molecule has 2 N–H and O–H groups in total. The Bertz CT molecular complexity index is 1090. The molecule has 2 aliphatic rings. The molecule has 170 valence electrons. The van der Waals surface area contributed by atoms with E-state index >= 15 is 0 Å². The summed E-state index contributed by atoms with van der Waals surface area (Å²) in [6, 6.07) is 12.0. The number of likely N-dealkylation sites (tertiary alicyclic amines) is 1. The van der Waals surface area contributed by atoms with Crippen molar-refractivity contribution >= 4 is 33.0 Å². The standard InChI is InChI=1S/C23H27N3O5S/c27-22(24-18-6-4-17(5-7-18)15-26-11-2-1-3-12-26)10-13-32(29,30)19-8-9-21-20(14-19)25-23(28)16-31-21/h4-9,14H,1-3,10-13,15-16H2,(H,24,27)(H,25,28). The summed E-state index contributed by atoms with van der Waals surface area (Å²) in [6.45, 7) is 3.05. The van der Waals surface area contributed by atoms with E-state index in [-0.39, 0.29) is 35.5 Å². The molecule has 1 saturated heterocycles. The number of anilines is 2. The van der Waals surface area contributed by atoms with Gasteiger partial charge in [-0.3, -0.25) is 14.5 Å². The molecule has 9 heteroatoms. The van der Waals surface area contributed by atoms with E-state index in [9.17, 15) is 18.0 Å². The number of benzene rings is 2. The van der Waals surface area contributed by atoms with Crippen LogP contribution >= 0.6 is 0 Å². The van der Waals surface area contributed by atoms with E-state index in [4.69, 9.17) is 4.74 Å². The van der Waals surface area contributed by atoms with Crippen LogP contribution in [-0.4, -0.2) is 50.6 Å². The van der Waals surface area contributed by atoms with E-state index in [0.717, 1.165) is 19.6 Å². The first-order valence-electron chi connectivity index (χ1n) is 10.8. The van der Waals surface area contributed by atoms with E-state index in [1.807, 2.05) is 24.3 Å². The zero-order chi connectivity index (χ0) is 22.6. The van der Waals surface area contributed by atoms with E-state index in [1.165, 1.54) is 43.0 Å². The molecule has 4 rings (SSSR count). The SMILES string of the molecule is O=C(CCS(=O)(=O)c1ccc2c(c1)NC(=O)CO2)Nc1ccc(CN2CCCCC2)cc1. The topological polar surface area (TPSA) is 105 Å². The van der Waals surface area contributed by atoms with Gasteiger partial charge in [0.2, 0.25) is 5.91 Å². The molecule has 8 nitrogen and oxygen atoms in total. The number of nitrogens with one attached hydrogen (secondary N) is 2. The molecule has 0 aliphatic carbocycles. The third kappa shape index (κ3) is 5.66. The number of nitrogens with zero attached hydrogens (tertiary/aromatic N) is 1. The number of carbonyl (C=O) groups excluding carboxylic acids is 2. The second-order valence-corrected chi connectivity index (χ2v) is 10.3. The fraction of sp³-hybridized carbons (Fsp3) is 0.391. The Kier molecular flexibility index (Phi) is 6.76. The Morgan fingerprint density at radius 1 is 1.06 bits per heavy atom. The van der Waals surface area contributed by atoms with Crippen LogP contribution in [0.15, 0.2) is 47.4 Å². The van der Waals surface area contributed by atoms with E-state index in [2.05, 4.69) is 15.5 Å². The van der Waals surface area contributed by atoms with E-state index in [0.29, 0.717) is 17.1 Å². The molecule has 2 aromatic carbocycles. The maximum absolute atomic E-state index is 12.7. The molecule has 0 atom stereocenters. The number of hydrogen-bond acceptors (Lipinski definition) is 6. The smallest absolute Gasteiger partial charge is 0.262 e. The highest BCUT2D eigenvalue weighted by atomic mass is 32.2. The summed E-state index contributed by atoms with van der Waals surface area (Å²) in [4.78, 5) is 26.2. The summed E-state index contributed by atoms with van der Waals surface area (Å²) in [5.41, 5.74) is 2.15. The highest BCUT2D eigenvalue weighted by Gasteiger charge is 2.22. The van der Waals surface area contributed by atoms with Crippen molar-refractivity contribution in [3.8, 4) is 5.75 Å². The second kappa shape index (κ2) is 9.70. The van der Waals surface area contributed by atoms with Crippen molar-refractivity contribution < 1.29 is 22.7 Å². The number of ether oxygens (including phenoxy) is 1. The zero-order valence-corrected chi connectivity index (χ0v) is 18.6.